The molecule has 0 atom stereocenters. The third-order valence-corrected chi connectivity index (χ3v) is 5.36. The van der Waals surface area contributed by atoms with Crippen LogP contribution in [0.2, 0.25) is 0 Å². The second-order valence-electron chi connectivity index (χ2n) is 4.05. The highest BCUT2D eigenvalue weighted by atomic mass is 32.2. The van der Waals surface area contributed by atoms with Crippen LogP contribution in [0.1, 0.15) is 0 Å². The number of thiocarbonyl (C=S) groups is 1. The normalized spacial score (nSPS) is 13.4. The highest BCUT2D eigenvalue weighted by molar-refractivity contribution is 7.97. The van der Waals surface area contributed by atoms with Crippen molar-refractivity contribution in [2.75, 3.05) is 4.31 Å². The summed E-state index contributed by atoms with van der Waals surface area (Å²) in [6, 6.07) is 1.84. The molecule has 0 aromatic heterocycles. The number of anilines is 1. The smallest absolute Gasteiger partial charge is 0.251 e. The quantitative estimate of drug-likeness (QED) is 0.583. The van der Waals surface area contributed by atoms with Crippen LogP contribution in [0.5, 0.6) is 0 Å². The predicted octanol–water partition coefficient (Wildman–Crippen LogP) is 2.21. The summed E-state index contributed by atoms with van der Waals surface area (Å²) in [6.45, 7) is 0. The van der Waals surface area contributed by atoms with E-state index in [0.29, 0.717) is 29.0 Å². The fraction of sp³-hybridized carbons (Fsp3) is 0.222. The van der Waals surface area contributed by atoms with E-state index in [2.05, 4.69) is 12.2 Å². The van der Waals surface area contributed by atoms with Crippen LogP contribution >= 0.6 is 12.2 Å². The Kier molecular flexibility index (Phi) is 5.61. The van der Waals surface area contributed by atoms with Crippen LogP contribution in [0.4, 0.5) is 36.4 Å². The van der Waals surface area contributed by atoms with Gasteiger partial charge in [0.1, 0.15) is 5.82 Å². The number of alkyl halides is 6. The van der Waals surface area contributed by atoms with E-state index >= 15 is 0 Å². The number of sulfonamides is 2. The van der Waals surface area contributed by atoms with Crippen molar-refractivity contribution in [3.63, 3.8) is 0 Å². The molecular weight excluding hydrogens is 429 g/mol. The summed E-state index contributed by atoms with van der Waals surface area (Å²) in [6.07, 6.45) is 0. The molecule has 16 heteroatoms. The van der Waals surface area contributed by atoms with Crippen molar-refractivity contribution in [2.45, 2.75) is 11.0 Å². The van der Waals surface area contributed by atoms with E-state index in [0.717, 1.165) is 0 Å². The molecule has 1 aromatic carbocycles. The van der Waals surface area contributed by atoms with Crippen molar-refractivity contribution in [3.8, 4) is 0 Å². The van der Waals surface area contributed by atoms with Crippen molar-refractivity contribution in [1.29, 1.82) is 0 Å². The molecule has 6 nitrogen and oxygen atoms in total. The van der Waals surface area contributed by atoms with Crippen molar-refractivity contribution in [1.82, 2.24) is 4.72 Å². The maximum atomic E-state index is 12.8. The summed E-state index contributed by atoms with van der Waals surface area (Å²) in [5.41, 5.74) is -13.1. The fourth-order valence-electron chi connectivity index (χ4n) is 1.26. The van der Waals surface area contributed by atoms with E-state index in [1.807, 2.05) is 0 Å². The average Bonchev–Trinajstić information content (AvgIpc) is 2.37. The molecule has 0 bridgehead atoms. The second-order valence-corrected chi connectivity index (χ2v) is 7.89. The summed E-state index contributed by atoms with van der Waals surface area (Å²) in [4.78, 5) is 0. The minimum Gasteiger partial charge on any atom is -0.251 e. The van der Waals surface area contributed by atoms with Crippen LogP contribution in [-0.4, -0.2) is 33.0 Å². The first-order chi connectivity index (χ1) is 11.0. The summed E-state index contributed by atoms with van der Waals surface area (Å²) in [7, 11) is -12.7. The maximum Gasteiger partial charge on any atom is 0.517 e. The Balaban J connectivity index is 3.49. The Labute approximate surface area is 141 Å². The van der Waals surface area contributed by atoms with E-state index in [-0.39, 0.29) is 0 Å². The van der Waals surface area contributed by atoms with Gasteiger partial charge in [-0.2, -0.15) is 43.2 Å². The van der Waals surface area contributed by atoms with Gasteiger partial charge in [0.05, 0.1) is 5.69 Å². The molecule has 0 fully saturated rings. The first kappa shape index (κ1) is 21.4. The molecule has 0 amide bonds. The lowest BCUT2D eigenvalue weighted by molar-refractivity contribution is -0.0442. The highest BCUT2D eigenvalue weighted by Gasteiger charge is 2.53. The highest BCUT2D eigenvalue weighted by Crippen LogP contribution is 2.32. The minimum absolute atomic E-state index is 0.437. The van der Waals surface area contributed by atoms with Gasteiger partial charge in [-0.05, 0) is 36.5 Å². The average molecular weight is 434 g/mol. The Morgan fingerprint density at radius 1 is 0.920 bits per heavy atom. The molecule has 0 aliphatic carbocycles. The molecule has 0 unspecified atom stereocenters. The van der Waals surface area contributed by atoms with E-state index in [1.54, 1.807) is 0 Å². The molecule has 0 saturated heterocycles. The van der Waals surface area contributed by atoms with Gasteiger partial charge in [0.25, 0.3) is 0 Å². The zero-order valence-corrected chi connectivity index (χ0v) is 13.7. The van der Waals surface area contributed by atoms with Crippen molar-refractivity contribution in [2.24, 2.45) is 0 Å². The number of benzene rings is 1. The number of halogens is 7. The number of nitrogens with one attached hydrogen (secondary N) is 1. The predicted molar refractivity (Wildman–Crippen MR) is 74.6 cm³/mol. The van der Waals surface area contributed by atoms with Crippen LogP contribution < -0.4 is 9.03 Å². The van der Waals surface area contributed by atoms with Crippen LogP contribution in [0.15, 0.2) is 24.3 Å². The van der Waals surface area contributed by atoms with E-state index < -0.39 is 52.0 Å². The summed E-state index contributed by atoms with van der Waals surface area (Å²) >= 11 is 4.09. The number of rotatable bonds is 3. The van der Waals surface area contributed by atoms with Gasteiger partial charge in [0, 0.05) is 0 Å². The molecule has 0 spiro atoms. The van der Waals surface area contributed by atoms with Crippen molar-refractivity contribution >= 4 is 43.1 Å². The topological polar surface area (TPSA) is 83.6 Å². The van der Waals surface area contributed by atoms with Crippen LogP contribution in [-0.2, 0) is 20.0 Å². The SMILES string of the molecule is O=S(=O)(NC(=S)N(c1ccc(F)cc1)S(=O)(=O)C(F)(F)F)C(F)(F)F. The maximum absolute atomic E-state index is 12.8. The first-order valence-electron chi connectivity index (χ1n) is 5.51. The first-order valence-corrected chi connectivity index (χ1v) is 8.84. The second kappa shape index (κ2) is 6.56. The Hall–Kier alpha value is -1.68. The molecule has 0 aliphatic heterocycles. The zero-order valence-electron chi connectivity index (χ0n) is 11.3. The summed E-state index contributed by atoms with van der Waals surface area (Å²) in [5, 5.41) is -1.96. The number of hydrogen-bond donors (Lipinski definition) is 1. The molecule has 0 aliphatic rings. The van der Waals surface area contributed by atoms with Gasteiger partial charge in [-0.1, -0.05) is 0 Å². The zero-order chi connectivity index (χ0) is 19.8. The molecule has 25 heavy (non-hydrogen) atoms. The molecule has 142 valence electrons. The van der Waals surface area contributed by atoms with Crippen LogP contribution in [0.25, 0.3) is 0 Å². The van der Waals surface area contributed by atoms with Gasteiger partial charge >= 0.3 is 31.1 Å². The molecule has 1 rings (SSSR count). The standard InChI is InChI=1S/C9H5F7N2O4S3/c10-5-1-3-6(4-2-5)18(25(21,22)9(14,15)16)7(23)17-24(19,20)8(11,12)13/h1-4H,(H,17,23). The molecule has 0 heterocycles. The third kappa shape index (κ3) is 4.49. The van der Waals surface area contributed by atoms with Gasteiger partial charge in [-0.3, -0.25) is 4.72 Å². The molecule has 1 aromatic rings. The van der Waals surface area contributed by atoms with E-state index in [1.165, 1.54) is 0 Å². The van der Waals surface area contributed by atoms with Gasteiger partial charge < -0.3 is 0 Å². The summed E-state index contributed by atoms with van der Waals surface area (Å²) in [5.74, 6) is -1.02. The summed E-state index contributed by atoms with van der Waals surface area (Å²) < 4.78 is 132. The number of nitrogens with zero attached hydrogens (tertiary/aromatic N) is 1. The number of hydrogen-bond acceptors (Lipinski definition) is 5. The van der Waals surface area contributed by atoms with Gasteiger partial charge in [-0.25, -0.2) is 8.70 Å². The molecule has 0 saturated carbocycles. The molecule has 1 N–H and O–H groups in total. The Morgan fingerprint density at radius 3 is 1.72 bits per heavy atom. The third-order valence-electron chi connectivity index (χ3n) is 2.30. The lowest BCUT2D eigenvalue weighted by Crippen LogP contribution is -2.52. The van der Waals surface area contributed by atoms with E-state index in [4.69, 9.17) is 0 Å². The fourth-order valence-corrected chi connectivity index (χ4v) is 3.35. The monoisotopic (exact) mass is 434 g/mol. The van der Waals surface area contributed by atoms with Crippen LogP contribution in [0, 0.1) is 5.82 Å². The molecule has 0 radical (unpaired) electrons. The van der Waals surface area contributed by atoms with Gasteiger partial charge in [0.2, 0.25) is 5.11 Å². The largest absolute Gasteiger partial charge is 0.517 e. The molecular formula is C9H5F7N2O4S3. The van der Waals surface area contributed by atoms with Crippen molar-refractivity contribution < 1.29 is 47.6 Å². The lowest BCUT2D eigenvalue weighted by Gasteiger charge is -2.26. The van der Waals surface area contributed by atoms with Gasteiger partial charge in [0.15, 0.2) is 0 Å². The minimum atomic E-state index is -6.45. The van der Waals surface area contributed by atoms with Gasteiger partial charge in [-0.15, -0.1) is 0 Å². The van der Waals surface area contributed by atoms with E-state index in [9.17, 15) is 47.6 Å². The Bertz CT molecular complexity index is 860. The van der Waals surface area contributed by atoms with Crippen LogP contribution in [0.3, 0.4) is 0 Å². The lowest BCUT2D eigenvalue weighted by atomic mass is 10.3. The van der Waals surface area contributed by atoms with Crippen molar-refractivity contribution in [3.05, 3.63) is 30.1 Å². The Morgan fingerprint density at radius 2 is 1.36 bits per heavy atom.